The number of amides is 3. The summed E-state index contributed by atoms with van der Waals surface area (Å²) in [5.41, 5.74) is 2.63. The molecule has 128 valence electrons. The van der Waals surface area contributed by atoms with Gasteiger partial charge in [-0.25, -0.2) is 9.78 Å². The summed E-state index contributed by atoms with van der Waals surface area (Å²) >= 11 is 1.59. The second kappa shape index (κ2) is 7.92. The van der Waals surface area contributed by atoms with Crippen LogP contribution in [0.2, 0.25) is 0 Å². The number of hydrogen-bond acceptors (Lipinski definition) is 4. The van der Waals surface area contributed by atoms with E-state index >= 15 is 0 Å². The Hall–Kier alpha value is -2.41. The van der Waals surface area contributed by atoms with Gasteiger partial charge in [-0.05, 0) is 38.5 Å². The minimum Gasteiger partial charge on any atom is -0.332 e. The highest BCUT2D eigenvalue weighted by atomic mass is 32.1. The molecule has 0 aliphatic heterocycles. The summed E-state index contributed by atoms with van der Waals surface area (Å²) in [4.78, 5) is 28.7. The number of carbonyl (C=O) groups excluding carboxylic acids is 2. The summed E-state index contributed by atoms with van der Waals surface area (Å²) in [6.07, 6.45) is 0. The molecule has 0 radical (unpaired) electrons. The van der Waals surface area contributed by atoms with Crippen molar-refractivity contribution >= 4 is 29.0 Å². The standard InChI is InChI=1S/C17H22N4O2S/c1-10-12(3)24-16(19-10)9-18-17(23)20-11(2)14-6-5-7-15(8-14)21-13(4)22/h5-8,11H,9H2,1-4H3,(H,21,22)(H2,18,20,23). The molecule has 0 aliphatic carbocycles. The molecule has 0 fully saturated rings. The minimum atomic E-state index is -0.252. The van der Waals surface area contributed by atoms with Gasteiger partial charge in [0.25, 0.3) is 0 Å². The average molecular weight is 346 g/mol. The molecular weight excluding hydrogens is 324 g/mol. The lowest BCUT2D eigenvalue weighted by Gasteiger charge is -2.16. The summed E-state index contributed by atoms with van der Waals surface area (Å²) < 4.78 is 0. The zero-order chi connectivity index (χ0) is 17.7. The largest absolute Gasteiger partial charge is 0.332 e. The van der Waals surface area contributed by atoms with E-state index in [0.29, 0.717) is 12.2 Å². The Morgan fingerprint density at radius 3 is 2.67 bits per heavy atom. The highest BCUT2D eigenvalue weighted by Gasteiger charge is 2.11. The van der Waals surface area contributed by atoms with Crippen molar-refractivity contribution in [3.63, 3.8) is 0 Å². The lowest BCUT2D eigenvalue weighted by molar-refractivity contribution is -0.114. The van der Waals surface area contributed by atoms with Crippen molar-refractivity contribution in [2.75, 3.05) is 5.32 Å². The second-order valence-corrected chi connectivity index (χ2v) is 6.89. The highest BCUT2D eigenvalue weighted by Crippen LogP contribution is 2.18. The van der Waals surface area contributed by atoms with Crippen molar-refractivity contribution in [2.24, 2.45) is 0 Å². The molecule has 0 saturated carbocycles. The molecule has 7 heteroatoms. The summed E-state index contributed by atoms with van der Waals surface area (Å²) in [5.74, 6) is -0.125. The Labute approximate surface area is 145 Å². The number of rotatable bonds is 5. The van der Waals surface area contributed by atoms with Gasteiger partial charge < -0.3 is 16.0 Å². The normalized spacial score (nSPS) is 11.7. The van der Waals surface area contributed by atoms with Gasteiger partial charge in [-0.2, -0.15) is 0 Å². The molecule has 0 bridgehead atoms. The lowest BCUT2D eigenvalue weighted by Crippen LogP contribution is -2.36. The van der Waals surface area contributed by atoms with E-state index in [4.69, 9.17) is 0 Å². The van der Waals surface area contributed by atoms with Crippen molar-refractivity contribution in [2.45, 2.75) is 40.3 Å². The summed E-state index contributed by atoms with van der Waals surface area (Å²) in [6, 6.07) is 6.98. The van der Waals surface area contributed by atoms with Crippen molar-refractivity contribution in [1.29, 1.82) is 0 Å². The molecule has 0 saturated heterocycles. The van der Waals surface area contributed by atoms with Crippen molar-refractivity contribution in [3.8, 4) is 0 Å². The van der Waals surface area contributed by atoms with Gasteiger partial charge in [0.05, 0.1) is 18.3 Å². The van der Waals surface area contributed by atoms with Crippen molar-refractivity contribution in [1.82, 2.24) is 15.6 Å². The maximum absolute atomic E-state index is 12.0. The third-order valence-electron chi connectivity index (χ3n) is 3.53. The molecule has 1 unspecified atom stereocenters. The number of aromatic nitrogens is 1. The average Bonchev–Trinajstić information content (AvgIpc) is 2.83. The quantitative estimate of drug-likeness (QED) is 0.777. The van der Waals surface area contributed by atoms with Gasteiger partial charge in [-0.1, -0.05) is 12.1 Å². The van der Waals surface area contributed by atoms with Crippen LogP contribution in [0.15, 0.2) is 24.3 Å². The first-order chi connectivity index (χ1) is 11.3. The number of nitrogens with one attached hydrogen (secondary N) is 3. The lowest BCUT2D eigenvalue weighted by atomic mass is 10.1. The van der Waals surface area contributed by atoms with Crippen LogP contribution in [0.1, 0.15) is 41.0 Å². The number of carbonyl (C=O) groups is 2. The van der Waals surface area contributed by atoms with E-state index in [1.54, 1.807) is 11.3 Å². The molecule has 3 amide bonds. The number of thiazole rings is 1. The van der Waals surface area contributed by atoms with E-state index in [-0.39, 0.29) is 18.0 Å². The zero-order valence-corrected chi connectivity index (χ0v) is 15.1. The number of benzene rings is 1. The predicted octanol–water partition coefficient (Wildman–Crippen LogP) is 3.28. The third kappa shape index (κ3) is 5.06. The number of aryl methyl sites for hydroxylation is 2. The monoisotopic (exact) mass is 346 g/mol. The van der Waals surface area contributed by atoms with E-state index in [9.17, 15) is 9.59 Å². The van der Waals surface area contributed by atoms with Gasteiger partial charge in [-0.15, -0.1) is 11.3 Å². The summed E-state index contributed by atoms with van der Waals surface area (Å²) in [6.45, 7) is 7.73. The molecule has 2 rings (SSSR count). The van der Waals surface area contributed by atoms with Crippen LogP contribution in [0.4, 0.5) is 10.5 Å². The molecule has 1 aromatic carbocycles. The predicted molar refractivity (Wildman–Crippen MR) is 96.1 cm³/mol. The molecule has 2 aromatic rings. The smallest absolute Gasteiger partial charge is 0.315 e. The summed E-state index contributed by atoms with van der Waals surface area (Å²) in [5, 5.41) is 9.32. The Balaban J connectivity index is 1.90. The molecule has 1 heterocycles. The maximum atomic E-state index is 12.0. The summed E-state index contributed by atoms with van der Waals surface area (Å²) in [7, 11) is 0. The first kappa shape index (κ1) is 17.9. The van der Waals surface area contributed by atoms with Crippen molar-refractivity contribution < 1.29 is 9.59 Å². The topological polar surface area (TPSA) is 83.1 Å². The fourth-order valence-corrected chi connectivity index (χ4v) is 3.06. The van der Waals surface area contributed by atoms with E-state index in [2.05, 4.69) is 20.9 Å². The van der Waals surface area contributed by atoms with E-state index < -0.39 is 0 Å². The third-order valence-corrected chi connectivity index (χ3v) is 4.60. The Kier molecular flexibility index (Phi) is 5.92. The maximum Gasteiger partial charge on any atom is 0.315 e. The van der Waals surface area contributed by atoms with Crippen LogP contribution in [-0.2, 0) is 11.3 Å². The first-order valence-electron chi connectivity index (χ1n) is 7.70. The Morgan fingerprint density at radius 1 is 1.29 bits per heavy atom. The SMILES string of the molecule is CC(=O)Nc1cccc(C(C)NC(=O)NCc2nc(C)c(C)s2)c1. The molecule has 24 heavy (non-hydrogen) atoms. The molecule has 0 spiro atoms. The van der Waals surface area contributed by atoms with Gasteiger partial charge in [0.15, 0.2) is 0 Å². The number of nitrogens with zero attached hydrogens (tertiary/aromatic N) is 1. The molecule has 1 aromatic heterocycles. The molecule has 6 nitrogen and oxygen atoms in total. The number of hydrogen-bond donors (Lipinski definition) is 3. The van der Waals surface area contributed by atoms with E-state index in [1.165, 1.54) is 6.92 Å². The number of anilines is 1. The molecule has 0 aliphatic rings. The van der Waals surface area contributed by atoms with E-state index in [1.807, 2.05) is 45.0 Å². The van der Waals surface area contributed by atoms with Crippen LogP contribution in [-0.4, -0.2) is 16.9 Å². The van der Waals surface area contributed by atoms with Crippen LogP contribution >= 0.6 is 11.3 Å². The van der Waals surface area contributed by atoms with Gasteiger partial charge in [-0.3, -0.25) is 4.79 Å². The second-order valence-electron chi connectivity index (χ2n) is 5.60. The van der Waals surface area contributed by atoms with Gasteiger partial charge in [0.1, 0.15) is 5.01 Å². The van der Waals surface area contributed by atoms with Gasteiger partial charge in [0, 0.05) is 17.5 Å². The van der Waals surface area contributed by atoms with Crippen LogP contribution < -0.4 is 16.0 Å². The number of urea groups is 1. The molecule has 1 atom stereocenters. The van der Waals surface area contributed by atoms with Crippen LogP contribution in [0, 0.1) is 13.8 Å². The highest BCUT2D eigenvalue weighted by molar-refractivity contribution is 7.11. The van der Waals surface area contributed by atoms with Crippen molar-refractivity contribution in [3.05, 3.63) is 45.4 Å². The minimum absolute atomic E-state index is 0.125. The zero-order valence-electron chi connectivity index (χ0n) is 14.3. The van der Waals surface area contributed by atoms with Gasteiger partial charge in [0.2, 0.25) is 5.91 Å². The van der Waals surface area contributed by atoms with E-state index in [0.717, 1.165) is 21.1 Å². The fraction of sp³-hybridized carbons (Fsp3) is 0.353. The van der Waals surface area contributed by atoms with Crippen LogP contribution in [0.25, 0.3) is 0 Å². The first-order valence-corrected chi connectivity index (χ1v) is 8.51. The molecule has 3 N–H and O–H groups in total. The Bertz CT molecular complexity index is 722. The van der Waals surface area contributed by atoms with Crippen LogP contribution in [0.3, 0.4) is 0 Å². The van der Waals surface area contributed by atoms with Crippen LogP contribution in [0.5, 0.6) is 0 Å². The van der Waals surface area contributed by atoms with Gasteiger partial charge >= 0.3 is 6.03 Å². The molecular formula is C17H22N4O2S. The fourth-order valence-electron chi connectivity index (χ4n) is 2.19. The Morgan fingerprint density at radius 2 is 2.04 bits per heavy atom.